The number of benzene rings is 1. The third-order valence-corrected chi connectivity index (χ3v) is 5.70. The Morgan fingerprint density at radius 2 is 1.66 bits per heavy atom. The van der Waals surface area contributed by atoms with Crippen molar-refractivity contribution in [3.63, 3.8) is 0 Å². The van der Waals surface area contributed by atoms with Crippen LogP contribution in [0.4, 0.5) is 0 Å². The van der Waals surface area contributed by atoms with Gasteiger partial charge in [-0.25, -0.2) is 0 Å². The molecule has 2 fully saturated rings. The Labute approximate surface area is 170 Å². The van der Waals surface area contributed by atoms with Crippen LogP contribution in [0.2, 0.25) is 0 Å². The number of amides is 2. The third kappa shape index (κ3) is 3.92. The average Bonchev–Trinajstić information content (AvgIpc) is 3.35. The second kappa shape index (κ2) is 7.99. The van der Waals surface area contributed by atoms with E-state index in [0.717, 1.165) is 31.4 Å². The molecule has 0 bridgehead atoms. The number of nitrogens with zero attached hydrogens (tertiary/aromatic N) is 3. The van der Waals surface area contributed by atoms with E-state index >= 15 is 0 Å². The smallest absolute Gasteiger partial charge is 0.295 e. The molecule has 7 heteroatoms. The maximum atomic E-state index is 13.1. The summed E-state index contributed by atoms with van der Waals surface area (Å²) in [6, 6.07) is 7.43. The van der Waals surface area contributed by atoms with Crippen LogP contribution in [-0.4, -0.2) is 70.4 Å². The van der Waals surface area contributed by atoms with E-state index in [2.05, 4.69) is 0 Å². The number of rotatable bonds is 4. The number of carbonyl (C=O) groups excluding carboxylic acids is 3. The predicted molar refractivity (Wildman–Crippen MR) is 109 cm³/mol. The van der Waals surface area contributed by atoms with Crippen LogP contribution in [0, 0.1) is 0 Å². The first-order valence-electron chi connectivity index (χ1n) is 10.3. The van der Waals surface area contributed by atoms with Gasteiger partial charge >= 0.3 is 0 Å². The number of ether oxygens (including phenoxy) is 1. The first-order chi connectivity index (χ1) is 13.9. The molecular weight excluding hydrogens is 370 g/mol. The Hall–Kier alpha value is -2.67. The van der Waals surface area contributed by atoms with E-state index in [4.69, 9.17) is 4.74 Å². The van der Waals surface area contributed by atoms with Crippen molar-refractivity contribution in [1.29, 1.82) is 0 Å². The van der Waals surface area contributed by atoms with E-state index < -0.39 is 11.7 Å². The largest absolute Gasteiger partial charge is 0.372 e. The molecule has 2 aliphatic rings. The molecule has 0 saturated carbocycles. The van der Waals surface area contributed by atoms with Gasteiger partial charge in [0.1, 0.15) is 6.54 Å². The fourth-order valence-electron chi connectivity index (χ4n) is 4.37. The van der Waals surface area contributed by atoms with Crippen LogP contribution in [0.1, 0.15) is 37.0 Å². The van der Waals surface area contributed by atoms with Crippen molar-refractivity contribution in [3.8, 4) is 0 Å². The van der Waals surface area contributed by atoms with Crippen LogP contribution in [-0.2, 0) is 20.9 Å². The zero-order valence-electron chi connectivity index (χ0n) is 17.0. The Morgan fingerprint density at radius 1 is 1.00 bits per heavy atom. The van der Waals surface area contributed by atoms with Gasteiger partial charge in [-0.15, -0.1) is 0 Å². The fourth-order valence-corrected chi connectivity index (χ4v) is 4.37. The molecule has 0 N–H and O–H groups in total. The molecule has 0 radical (unpaired) electrons. The number of likely N-dealkylation sites (tertiary alicyclic amines) is 1. The number of para-hydroxylation sites is 1. The summed E-state index contributed by atoms with van der Waals surface area (Å²) in [5.74, 6) is -1.000. The summed E-state index contributed by atoms with van der Waals surface area (Å²) in [4.78, 5) is 42.0. The third-order valence-electron chi connectivity index (χ3n) is 5.70. The summed E-state index contributed by atoms with van der Waals surface area (Å²) in [6.45, 7) is 6.35. The fraction of sp³-hybridized carbons (Fsp3) is 0.500. The van der Waals surface area contributed by atoms with Gasteiger partial charge in [0.15, 0.2) is 0 Å². The lowest BCUT2D eigenvalue weighted by atomic mass is 10.1. The number of morpholine rings is 1. The van der Waals surface area contributed by atoms with Crippen LogP contribution in [0.3, 0.4) is 0 Å². The van der Waals surface area contributed by atoms with Gasteiger partial charge in [-0.05, 0) is 32.8 Å². The average molecular weight is 397 g/mol. The van der Waals surface area contributed by atoms with E-state index in [1.807, 2.05) is 43.0 Å². The number of Topliss-reactive ketones (excluding diaryl/α,β-unsaturated/α-hetero) is 1. The summed E-state index contributed by atoms with van der Waals surface area (Å²) in [6.07, 6.45) is 3.52. The van der Waals surface area contributed by atoms with Gasteiger partial charge in [0.2, 0.25) is 5.91 Å². The number of ketones is 1. The van der Waals surface area contributed by atoms with Gasteiger partial charge < -0.3 is 19.1 Å². The highest BCUT2D eigenvalue weighted by Gasteiger charge is 2.32. The van der Waals surface area contributed by atoms with E-state index in [1.165, 1.54) is 0 Å². The van der Waals surface area contributed by atoms with Crippen molar-refractivity contribution in [2.75, 3.05) is 26.2 Å². The molecule has 2 amide bonds. The summed E-state index contributed by atoms with van der Waals surface area (Å²) in [7, 11) is 0. The quantitative estimate of drug-likeness (QED) is 0.585. The highest BCUT2D eigenvalue weighted by atomic mass is 16.5. The van der Waals surface area contributed by atoms with Gasteiger partial charge in [-0.2, -0.15) is 0 Å². The molecule has 29 heavy (non-hydrogen) atoms. The molecule has 2 aliphatic heterocycles. The first kappa shape index (κ1) is 19.6. The topological polar surface area (TPSA) is 71.9 Å². The number of hydrogen-bond donors (Lipinski definition) is 0. The monoisotopic (exact) mass is 397 g/mol. The van der Waals surface area contributed by atoms with Crippen LogP contribution in [0.5, 0.6) is 0 Å². The second-order valence-corrected chi connectivity index (χ2v) is 8.07. The molecule has 154 valence electrons. The zero-order chi connectivity index (χ0) is 20.5. The molecule has 2 atom stereocenters. The van der Waals surface area contributed by atoms with E-state index in [-0.39, 0.29) is 24.7 Å². The van der Waals surface area contributed by atoms with Crippen LogP contribution in [0.25, 0.3) is 10.9 Å². The minimum Gasteiger partial charge on any atom is -0.372 e. The summed E-state index contributed by atoms with van der Waals surface area (Å²) < 4.78 is 7.46. The van der Waals surface area contributed by atoms with Crippen molar-refractivity contribution < 1.29 is 19.1 Å². The lowest BCUT2D eigenvalue weighted by Gasteiger charge is -2.34. The summed E-state index contributed by atoms with van der Waals surface area (Å²) in [5, 5.41) is 0.703. The molecule has 7 nitrogen and oxygen atoms in total. The second-order valence-electron chi connectivity index (χ2n) is 8.07. The number of hydrogen-bond acceptors (Lipinski definition) is 4. The predicted octanol–water partition coefficient (Wildman–Crippen LogP) is 2.08. The molecule has 2 saturated heterocycles. The first-order valence-corrected chi connectivity index (χ1v) is 10.3. The number of carbonyl (C=O) groups is 3. The molecule has 0 unspecified atom stereocenters. The minimum absolute atomic E-state index is 0.0457. The standard InChI is InChI=1S/C22H27N3O4/c1-15-11-25(12-16(2)29-15)22(28)21(27)18-13-24(19-8-4-3-7-17(18)19)14-20(26)23-9-5-6-10-23/h3-4,7-8,13,15-16H,5-6,9-12,14H2,1-2H3/t15-,16+. The molecule has 4 rings (SSSR count). The van der Waals surface area contributed by atoms with Gasteiger partial charge in [0.05, 0.1) is 17.8 Å². The van der Waals surface area contributed by atoms with Gasteiger partial charge in [-0.1, -0.05) is 18.2 Å². The molecule has 3 heterocycles. The molecule has 2 aromatic rings. The van der Waals surface area contributed by atoms with Crippen molar-refractivity contribution in [2.45, 2.75) is 45.4 Å². The highest BCUT2D eigenvalue weighted by Crippen LogP contribution is 2.24. The zero-order valence-corrected chi connectivity index (χ0v) is 17.0. The lowest BCUT2D eigenvalue weighted by molar-refractivity contribution is -0.138. The summed E-state index contributed by atoms with van der Waals surface area (Å²) >= 11 is 0. The minimum atomic E-state index is -0.533. The Morgan fingerprint density at radius 3 is 2.34 bits per heavy atom. The van der Waals surface area contributed by atoms with Crippen molar-refractivity contribution in [1.82, 2.24) is 14.4 Å². The van der Waals surface area contributed by atoms with Crippen LogP contribution < -0.4 is 0 Å². The highest BCUT2D eigenvalue weighted by molar-refractivity contribution is 6.44. The van der Waals surface area contributed by atoms with E-state index in [9.17, 15) is 14.4 Å². The maximum absolute atomic E-state index is 13.1. The van der Waals surface area contributed by atoms with Gasteiger partial charge in [-0.3, -0.25) is 14.4 Å². The van der Waals surface area contributed by atoms with Crippen LogP contribution in [0.15, 0.2) is 30.5 Å². The van der Waals surface area contributed by atoms with E-state index in [0.29, 0.717) is 24.0 Å². The Bertz CT molecular complexity index is 935. The Kier molecular flexibility index (Phi) is 5.41. The Balaban J connectivity index is 1.60. The molecule has 0 spiro atoms. The van der Waals surface area contributed by atoms with Gasteiger partial charge in [0, 0.05) is 43.3 Å². The molecular formula is C22H27N3O4. The molecule has 1 aromatic heterocycles. The SMILES string of the molecule is C[C@@H]1CN(C(=O)C(=O)c2cn(CC(=O)N3CCCC3)c3ccccc23)C[C@H](C)O1. The van der Waals surface area contributed by atoms with Gasteiger partial charge in [0.25, 0.3) is 11.7 Å². The van der Waals surface area contributed by atoms with E-state index in [1.54, 1.807) is 15.7 Å². The van der Waals surface area contributed by atoms with Crippen molar-refractivity contribution >= 4 is 28.5 Å². The van der Waals surface area contributed by atoms with Crippen molar-refractivity contribution in [2.24, 2.45) is 0 Å². The molecule has 1 aromatic carbocycles. The molecule has 0 aliphatic carbocycles. The number of fused-ring (bicyclic) bond motifs is 1. The normalized spacial score (nSPS) is 22.3. The lowest BCUT2D eigenvalue weighted by Crippen LogP contribution is -2.50. The maximum Gasteiger partial charge on any atom is 0.295 e. The summed E-state index contributed by atoms with van der Waals surface area (Å²) in [5.41, 5.74) is 1.14. The van der Waals surface area contributed by atoms with Crippen LogP contribution >= 0.6 is 0 Å². The van der Waals surface area contributed by atoms with Crippen molar-refractivity contribution in [3.05, 3.63) is 36.0 Å². The number of aromatic nitrogens is 1.